The quantitative estimate of drug-likeness (QED) is 0.658. The summed E-state index contributed by atoms with van der Waals surface area (Å²) in [7, 11) is -1.89. The average molecular weight is 357 g/mol. The zero-order valence-electron chi connectivity index (χ0n) is 13.8. The van der Waals surface area contributed by atoms with E-state index in [1.165, 1.54) is 4.90 Å². The molecule has 9 nitrogen and oxygen atoms in total. The number of aliphatic hydroxyl groups is 1. The molecule has 0 unspecified atom stereocenters. The third kappa shape index (κ3) is 5.39. The van der Waals surface area contributed by atoms with Crippen LogP contribution in [0.1, 0.15) is 12.8 Å². The number of likely N-dealkylation sites (N-methyl/N-ethyl adjacent to an activating group) is 1. The summed E-state index contributed by atoms with van der Waals surface area (Å²) in [5.41, 5.74) is -1.09. The molecule has 1 aliphatic heterocycles. The molecule has 0 spiro atoms. The number of nitrogens with one attached hydrogen (secondary N) is 1. The highest BCUT2D eigenvalue weighted by atomic mass is 32.2. The smallest absolute Gasteiger partial charge is 0.237 e. The minimum absolute atomic E-state index is 0.112. The summed E-state index contributed by atoms with van der Waals surface area (Å²) in [5.74, 6) is 0.144. The van der Waals surface area contributed by atoms with E-state index in [0.717, 1.165) is 19.2 Å². The summed E-state index contributed by atoms with van der Waals surface area (Å²) in [6.45, 7) is 0.839. The fourth-order valence-electron chi connectivity index (χ4n) is 2.72. The van der Waals surface area contributed by atoms with Crippen LogP contribution in [0.5, 0.6) is 0 Å². The summed E-state index contributed by atoms with van der Waals surface area (Å²) < 4.78 is 24.3. The highest BCUT2D eigenvalue weighted by Gasteiger charge is 2.36. The Morgan fingerprint density at radius 2 is 2.12 bits per heavy atom. The lowest BCUT2D eigenvalue weighted by Crippen LogP contribution is -2.55. The lowest BCUT2D eigenvalue weighted by atomic mass is 9.92. The summed E-state index contributed by atoms with van der Waals surface area (Å²) >= 11 is 0. The highest BCUT2D eigenvalue weighted by Crippen LogP contribution is 2.24. The molecule has 1 aromatic heterocycles. The van der Waals surface area contributed by atoms with Gasteiger partial charge in [-0.1, -0.05) is 0 Å². The van der Waals surface area contributed by atoms with E-state index < -0.39 is 21.5 Å². The summed E-state index contributed by atoms with van der Waals surface area (Å²) in [5, 5.41) is 10.8. The molecule has 0 bridgehead atoms. The number of amides is 1. The van der Waals surface area contributed by atoms with Crippen molar-refractivity contribution in [2.45, 2.75) is 18.4 Å². The third-order valence-corrected chi connectivity index (χ3v) is 4.50. The van der Waals surface area contributed by atoms with Gasteiger partial charge in [0.1, 0.15) is 0 Å². The molecule has 1 aliphatic rings. The molecule has 2 N–H and O–H groups in total. The molecule has 1 saturated heterocycles. The van der Waals surface area contributed by atoms with Crippen molar-refractivity contribution in [1.29, 1.82) is 0 Å². The molecule has 1 aromatic rings. The second-order valence-electron chi connectivity index (χ2n) is 6.14. The Morgan fingerprint density at radius 1 is 1.46 bits per heavy atom. The van der Waals surface area contributed by atoms with Crippen molar-refractivity contribution >= 4 is 21.9 Å². The van der Waals surface area contributed by atoms with Crippen molar-refractivity contribution in [2.24, 2.45) is 0 Å². The Morgan fingerprint density at radius 3 is 2.75 bits per heavy atom. The molecule has 0 radical (unpaired) electrons. The van der Waals surface area contributed by atoms with E-state index in [1.807, 2.05) is 4.90 Å². The topological polar surface area (TPSA) is 116 Å². The maximum atomic E-state index is 12.0. The first kappa shape index (κ1) is 18.6. The first-order valence-electron chi connectivity index (χ1n) is 7.61. The van der Waals surface area contributed by atoms with E-state index in [1.54, 1.807) is 25.5 Å². The van der Waals surface area contributed by atoms with Gasteiger partial charge in [-0.2, -0.15) is 0 Å². The van der Waals surface area contributed by atoms with Gasteiger partial charge in [0.25, 0.3) is 0 Å². The number of rotatable bonds is 6. The van der Waals surface area contributed by atoms with Gasteiger partial charge < -0.3 is 14.9 Å². The van der Waals surface area contributed by atoms with Crippen molar-refractivity contribution in [3.63, 3.8) is 0 Å². The molecule has 10 heteroatoms. The molecule has 24 heavy (non-hydrogen) atoms. The molecule has 1 fully saturated rings. The van der Waals surface area contributed by atoms with Crippen LogP contribution in [0.15, 0.2) is 18.5 Å². The molecule has 0 saturated carbocycles. The van der Waals surface area contributed by atoms with E-state index >= 15 is 0 Å². The normalized spacial score (nSPS) is 21.5. The number of β-amino-alcohol motifs (C(OH)–C–C–N with tert-alkyl or cyclic N) is 1. The molecule has 134 valence electrons. The minimum Gasteiger partial charge on any atom is -0.386 e. The van der Waals surface area contributed by atoms with Crippen molar-refractivity contribution in [2.75, 3.05) is 44.4 Å². The van der Waals surface area contributed by atoms with Crippen LogP contribution in [-0.2, 0) is 14.8 Å². The maximum Gasteiger partial charge on any atom is 0.237 e. The molecule has 2 heterocycles. The van der Waals surface area contributed by atoms with Gasteiger partial charge in [-0.3, -0.25) is 4.79 Å². The molecular weight excluding hydrogens is 334 g/mol. The number of carbonyl (C=O) groups excluding carboxylic acids is 1. The monoisotopic (exact) mass is 357 g/mol. The maximum absolute atomic E-state index is 12.0. The zero-order valence-corrected chi connectivity index (χ0v) is 14.7. The average Bonchev–Trinajstić information content (AvgIpc) is 2.52. The molecule has 0 aliphatic carbocycles. The van der Waals surface area contributed by atoms with Gasteiger partial charge in [0.05, 0.1) is 31.5 Å². The summed E-state index contributed by atoms with van der Waals surface area (Å²) in [4.78, 5) is 23.6. The second kappa shape index (κ2) is 7.41. The van der Waals surface area contributed by atoms with Crippen molar-refractivity contribution in [3.05, 3.63) is 18.5 Å². The van der Waals surface area contributed by atoms with Crippen LogP contribution in [0, 0.1) is 0 Å². The van der Waals surface area contributed by atoms with Gasteiger partial charge in [0.2, 0.25) is 21.9 Å². The molecule has 1 atom stereocenters. The van der Waals surface area contributed by atoms with Gasteiger partial charge in [0.15, 0.2) is 0 Å². The first-order valence-corrected chi connectivity index (χ1v) is 9.51. The number of sulfonamides is 1. The van der Waals surface area contributed by atoms with E-state index in [0.29, 0.717) is 18.9 Å². The molecule has 1 amide bonds. The van der Waals surface area contributed by atoms with Crippen molar-refractivity contribution < 1.29 is 18.3 Å². The Bertz CT molecular complexity index is 669. The number of nitrogens with zero attached hydrogens (tertiary/aromatic N) is 4. The van der Waals surface area contributed by atoms with Gasteiger partial charge in [-0.15, -0.1) is 0 Å². The number of carbonyl (C=O) groups is 1. The number of hydrogen-bond acceptors (Lipinski definition) is 7. The van der Waals surface area contributed by atoms with Crippen LogP contribution in [0.2, 0.25) is 0 Å². The van der Waals surface area contributed by atoms with Crippen LogP contribution in [-0.4, -0.2) is 79.4 Å². The Balaban J connectivity index is 1.96. The number of piperidine rings is 1. The van der Waals surface area contributed by atoms with Crippen molar-refractivity contribution in [1.82, 2.24) is 19.6 Å². The van der Waals surface area contributed by atoms with E-state index in [-0.39, 0.29) is 13.1 Å². The second-order valence-corrected chi connectivity index (χ2v) is 7.97. The van der Waals surface area contributed by atoms with E-state index in [9.17, 15) is 18.3 Å². The number of anilines is 1. The number of hydrogen-bond donors (Lipinski definition) is 2. The predicted octanol–water partition coefficient (Wildman–Crippen LogP) is -1.18. The van der Waals surface area contributed by atoms with Crippen LogP contribution >= 0.6 is 0 Å². The van der Waals surface area contributed by atoms with Gasteiger partial charge in [-0.25, -0.2) is 23.1 Å². The Labute approximate surface area is 141 Å². The lowest BCUT2D eigenvalue weighted by molar-refractivity contribution is -0.132. The van der Waals surface area contributed by atoms with Crippen LogP contribution in [0.3, 0.4) is 0 Å². The van der Waals surface area contributed by atoms with Crippen LogP contribution < -0.4 is 9.62 Å². The Hall–Kier alpha value is -1.78. The third-order valence-electron chi connectivity index (χ3n) is 3.83. The van der Waals surface area contributed by atoms with E-state index in [4.69, 9.17) is 0 Å². The zero-order chi connectivity index (χ0) is 17.8. The first-order chi connectivity index (χ1) is 11.2. The van der Waals surface area contributed by atoms with Crippen LogP contribution in [0.25, 0.3) is 0 Å². The fraction of sp³-hybridized carbons (Fsp3) is 0.643. The van der Waals surface area contributed by atoms with Gasteiger partial charge in [0, 0.05) is 26.0 Å². The molecular formula is C14H23N5O4S. The SMILES string of the molecule is CN(C[C@@]1(O)CCCN(c2ncccn2)C1)C(=O)CNS(C)(=O)=O. The highest BCUT2D eigenvalue weighted by molar-refractivity contribution is 7.88. The summed E-state index contributed by atoms with van der Waals surface area (Å²) in [6.07, 6.45) is 5.57. The number of aromatic nitrogens is 2. The van der Waals surface area contributed by atoms with Gasteiger partial charge >= 0.3 is 0 Å². The largest absolute Gasteiger partial charge is 0.386 e. The van der Waals surface area contributed by atoms with Crippen molar-refractivity contribution in [3.8, 4) is 0 Å². The lowest BCUT2D eigenvalue weighted by Gasteiger charge is -2.41. The standard InChI is InChI=1S/C14H23N5O4S/c1-18(12(20)9-17-24(2,22)23)10-14(21)5-3-8-19(11-14)13-15-6-4-7-16-13/h4,6-7,17,21H,3,5,8-11H2,1-2H3/t14-/m0/s1. The summed E-state index contributed by atoms with van der Waals surface area (Å²) in [6, 6.07) is 1.72. The fourth-order valence-corrected chi connectivity index (χ4v) is 3.11. The van der Waals surface area contributed by atoms with E-state index in [2.05, 4.69) is 14.7 Å². The minimum atomic E-state index is -3.43. The van der Waals surface area contributed by atoms with Crippen LogP contribution in [0.4, 0.5) is 5.95 Å². The predicted molar refractivity (Wildman–Crippen MR) is 88.9 cm³/mol. The Kier molecular flexibility index (Phi) is 5.73. The van der Waals surface area contributed by atoms with Gasteiger partial charge in [-0.05, 0) is 18.9 Å². The molecule has 2 rings (SSSR count). The molecule has 0 aromatic carbocycles.